The third-order valence-corrected chi connectivity index (χ3v) is 2.96. The van der Waals surface area contributed by atoms with Crippen molar-refractivity contribution >= 4 is 11.8 Å². The van der Waals surface area contributed by atoms with Gasteiger partial charge >= 0.3 is 0 Å². The quantitative estimate of drug-likeness (QED) is 0.609. The summed E-state index contributed by atoms with van der Waals surface area (Å²) in [5.74, 6) is 3.43. The zero-order chi connectivity index (χ0) is 8.20. The lowest BCUT2D eigenvalue weighted by Crippen LogP contribution is -2.09. The molecule has 0 amide bonds. The minimum absolute atomic E-state index is 0.500. The molecule has 0 saturated heterocycles. The van der Waals surface area contributed by atoms with Crippen molar-refractivity contribution in [3.05, 3.63) is 0 Å². The summed E-state index contributed by atoms with van der Waals surface area (Å²) in [6.45, 7) is 11.4. The van der Waals surface area contributed by atoms with Crippen molar-refractivity contribution in [2.24, 2.45) is 11.3 Å². The van der Waals surface area contributed by atoms with Gasteiger partial charge in [-0.25, -0.2) is 0 Å². The molecular formula is C9H20S. The van der Waals surface area contributed by atoms with E-state index in [2.05, 4.69) is 46.4 Å². The molecule has 0 aliphatic carbocycles. The van der Waals surface area contributed by atoms with Crippen LogP contribution in [0, 0.1) is 11.3 Å². The molecule has 0 fully saturated rings. The fourth-order valence-electron chi connectivity index (χ4n) is 0.601. The maximum Gasteiger partial charge on any atom is -0.00186 e. The second kappa shape index (κ2) is 4.27. The lowest BCUT2D eigenvalue weighted by Gasteiger charge is -2.17. The maximum atomic E-state index is 2.29. The highest BCUT2D eigenvalue weighted by atomic mass is 32.2. The minimum atomic E-state index is 0.500. The van der Waals surface area contributed by atoms with E-state index >= 15 is 0 Å². The molecule has 0 aromatic carbocycles. The van der Waals surface area contributed by atoms with Gasteiger partial charge in [0.2, 0.25) is 0 Å². The van der Waals surface area contributed by atoms with E-state index in [4.69, 9.17) is 0 Å². The molecule has 0 N–H and O–H groups in total. The first-order valence-corrected chi connectivity index (χ1v) is 5.15. The lowest BCUT2D eigenvalue weighted by atomic mass is 10.0. The lowest BCUT2D eigenvalue weighted by molar-refractivity contribution is 0.480. The Hall–Kier alpha value is 0.350. The first-order chi connectivity index (χ1) is 4.42. The summed E-state index contributed by atoms with van der Waals surface area (Å²) in [4.78, 5) is 0. The Morgan fingerprint density at radius 2 is 1.70 bits per heavy atom. The van der Waals surface area contributed by atoms with Crippen molar-refractivity contribution < 1.29 is 0 Å². The van der Waals surface area contributed by atoms with Crippen LogP contribution in [0.15, 0.2) is 0 Å². The third-order valence-electron chi connectivity index (χ3n) is 0.986. The van der Waals surface area contributed by atoms with Crippen LogP contribution >= 0.6 is 11.8 Å². The van der Waals surface area contributed by atoms with Crippen LogP contribution in [-0.2, 0) is 0 Å². The van der Waals surface area contributed by atoms with Gasteiger partial charge in [0.15, 0.2) is 0 Å². The zero-order valence-electron chi connectivity index (χ0n) is 7.90. The predicted octanol–water partition coefficient (Wildman–Crippen LogP) is 3.42. The summed E-state index contributed by atoms with van der Waals surface area (Å²) in [5.41, 5.74) is 0.500. The van der Waals surface area contributed by atoms with E-state index in [0.29, 0.717) is 5.41 Å². The molecule has 0 rings (SSSR count). The van der Waals surface area contributed by atoms with Crippen LogP contribution in [0.5, 0.6) is 0 Å². The molecule has 0 heterocycles. The van der Waals surface area contributed by atoms with Gasteiger partial charge in [-0.1, -0.05) is 34.6 Å². The summed E-state index contributed by atoms with van der Waals surface area (Å²) in [7, 11) is 0. The molecule has 62 valence electrons. The molecule has 0 aromatic rings. The van der Waals surface area contributed by atoms with Gasteiger partial charge in [0.25, 0.3) is 0 Å². The van der Waals surface area contributed by atoms with Crippen molar-refractivity contribution in [2.45, 2.75) is 34.6 Å². The topological polar surface area (TPSA) is 0 Å². The average Bonchev–Trinajstić information content (AvgIpc) is 1.59. The number of thioether (sulfide) groups is 1. The standard InChI is InChI=1S/C9H20S/c1-8(2)6-10-7-9(3,4)5/h8H,6-7H2,1-5H3. The van der Waals surface area contributed by atoms with Crippen LogP contribution in [0.4, 0.5) is 0 Å². The number of hydrogen-bond donors (Lipinski definition) is 0. The minimum Gasteiger partial charge on any atom is -0.161 e. The molecule has 0 unspecified atom stereocenters. The zero-order valence-corrected chi connectivity index (χ0v) is 8.72. The summed E-state index contributed by atoms with van der Waals surface area (Å²) in [6, 6.07) is 0. The van der Waals surface area contributed by atoms with Gasteiger partial charge in [-0.05, 0) is 22.8 Å². The van der Waals surface area contributed by atoms with Gasteiger partial charge in [0, 0.05) is 0 Å². The third kappa shape index (κ3) is 8.35. The Labute approximate surface area is 69.8 Å². The van der Waals surface area contributed by atoms with Crippen LogP contribution in [-0.4, -0.2) is 11.5 Å². The maximum absolute atomic E-state index is 2.29. The number of rotatable bonds is 3. The molecule has 0 spiro atoms. The Balaban J connectivity index is 3.21. The van der Waals surface area contributed by atoms with Crippen LogP contribution in [0.2, 0.25) is 0 Å². The van der Waals surface area contributed by atoms with Gasteiger partial charge in [-0.3, -0.25) is 0 Å². The highest BCUT2D eigenvalue weighted by Gasteiger charge is 2.09. The van der Waals surface area contributed by atoms with E-state index in [1.54, 1.807) is 0 Å². The first-order valence-electron chi connectivity index (χ1n) is 3.99. The van der Waals surface area contributed by atoms with E-state index in [1.165, 1.54) is 11.5 Å². The van der Waals surface area contributed by atoms with Gasteiger partial charge < -0.3 is 0 Å². The second-order valence-corrected chi connectivity index (χ2v) is 5.50. The average molecular weight is 160 g/mol. The molecule has 0 nitrogen and oxygen atoms in total. The van der Waals surface area contributed by atoms with Crippen molar-refractivity contribution in [1.82, 2.24) is 0 Å². The Kier molecular flexibility index (Phi) is 4.42. The molecule has 0 aromatic heterocycles. The first kappa shape index (κ1) is 10.3. The monoisotopic (exact) mass is 160 g/mol. The Morgan fingerprint density at radius 1 is 1.20 bits per heavy atom. The summed E-state index contributed by atoms with van der Waals surface area (Å²) in [6.07, 6.45) is 0. The smallest absolute Gasteiger partial charge is 0.00186 e. The van der Waals surface area contributed by atoms with Crippen molar-refractivity contribution in [2.75, 3.05) is 11.5 Å². The molecule has 0 atom stereocenters. The van der Waals surface area contributed by atoms with E-state index in [0.717, 1.165) is 5.92 Å². The van der Waals surface area contributed by atoms with Crippen molar-refractivity contribution in [3.8, 4) is 0 Å². The van der Waals surface area contributed by atoms with Gasteiger partial charge in [0.1, 0.15) is 0 Å². The predicted molar refractivity (Wildman–Crippen MR) is 51.6 cm³/mol. The Morgan fingerprint density at radius 3 is 2.00 bits per heavy atom. The van der Waals surface area contributed by atoms with Crippen LogP contribution in [0.1, 0.15) is 34.6 Å². The van der Waals surface area contributed by atoms with Crippen LogP contribution in [0.3, 0.4) is 0 Å². The largest absolute Gasteiger partial charge is 0.161 e. The number of hydrogen-bond acceptors (Lipinski definition) is 1. The van der Waals surface area contributed by atoms with E-state index in [9.17, 15) is 0 Å². The summed E-state index contributed by atoms with van der Waals surface area (Å²) >= 11 is 2.07. The van der Waals surface area contributed by atoms with Crippen molar-refractivity contribution in [1.29, 1.82) is 0 Å². The van der Waals surface area contributed by atoms with Gasteiger partial charge in [-0.2, -0.15) is 11.8 Å². The van der Waals surface area contributed by atoms with Crippen LogP contribution < -0.4 is 0 Å². The molecule has 0 aliphatic heterocycles. The second-order valence-electron chi connectivity index (χ2n) is 4.47. The molecule has 0 radical (unpaired) electrons. The van der Waals surface area contributed by atoms with E-state index < -0.39 is 0 Å². The molecule has 10 heavy (non-hydrogen) atoms. The molecular weight excluding hydrogens is 140 g/mol. The van der Waals surface area contributed by atoms with Gasteiger partial charge in [0.05, 0.1) is 0 Å². The SMILES string of the molecule is CC(C)CSCC(C)(C)C. The van der Waals surface area contributed by atoms with E-state index in [-0.39, 0.29) is 0 Å². The summed E-state index contributed by atoms with van der Waals surface area (Å²) in [5, 5.41) is 0. The van der Waals surface area contributed by atoms with Crippen LogP contribution in [0.25, 0.3) is 0 Å². The van der Waals surface area contributed by atoms with E-state index in [1.807, 2.05) is 0 Å². The highest BCUT2D eigenvalue weighted by Crippen LogP contribution is 2.21. The Bertz CT molecular complexity index is 79.2. The van der Waals surface area contributed by atoms with Gasteiger partial charge in [-0.15, -0.1) is 0 Å². The molecule has 0 aliphatic rings. The molecule has 1 heteroatoms. The summed E-state index contributed by atoms with van der Waals surface area (Å²) < 4.78 is 0. The van der Waals surface area contributed by atoms with Crippen molar-refractivity contribution in [3.63, 3.8) is 0 Å². The fourth-order valence-corrected chi connectivity index (χ4v) is 1.80. The normalized spacial score (nSPS) is 12.6. The molecule has 0 saturated carbocycles. The highest BCUT2D eigenvalue weighted by molar-refractivity contribution is 7.99. The molecule has 0 bridgehead atoms. The fraction of sp³-hybridized carbons (Fsp3) is 1.00.